The van der Waals surface area contributed by atoms with Crippen LogP contribution in [-0.2, 0) is 12.0 Å². The van der Waals surface area contributed by atoms with E-state index < -0.39 is 5.60 Å². The Labute approximate surface area is 98.5 Å². The number of rotatable bonds is 5. The highest BCUT2D eigenvalue weighted by atomic mass is 16.3. The van der Waals surface area contributed by atoms with Gasteiger partial charge in [0.25, 0.3) is 0 Å². The second kappa shape index (κ2) is 5.46. The molecule has 1 unspecified atom stereocenters. The lowest BCUT2D eigenvalue weighted by Crippen LogP contribution is -2.34. The number of hydrogen-bond donors (Lipinski definition) is 2. The monoisotopic (exact) mass is 221 g/mol. The molecular weight excluding hydrogens is 198 g/mol. The van der Waals surface area contributed by atoms with Crippen molar-refractivity contribution in [3.63, 3.8) is 0 Å². The number of aliphatic hydroxyl groups is 1. The first kappa shape index (κ1) is 13.2. The van der Waals surface area contributed by atoms with Gasteiger partial charge < -0.3 is 10.8 Å². The normalized spacial score (nSPS) is 15.1. The molecule has 90 valence electrons. The van der Waals surface area contributed by atoms with Crippen molar-refractivity contribution in [2.24, 2.45) is 11.7 Å². The van der Waals surface area contributed by atoms with Crippen LogP contribution in [0.3, 0.4) is 0 Å². The summed E-state index contributed by atoms with van der Waals surface area (Å²) in [7, 11) is 0. The average molecular weight is 221 g/mol. The standard InChI is InChI=1S/C14H23NO/c1-4-14(16,10-15)13-7-5-12(6-8-13)9-11(2)3/h5-8,11,16H,4,9-10,15H2,1-3H3. The Kier molecular flexibility index (Phi) is 4.51. The molecule has 0 aliphatic heterocycles. The molecule has 0 radical (unpaired) electrons. The highest BCUT2D eigenvalue weighted by Crippen LogP contribution is 2.24. The topological polar surface area (TPSA) is 46.2 Å². The largest absolute Gasteiger partial charge is 0.384 e. The highest BCUT2D eigenvalue weighted by Gasteiger charge is 2.24. The molecule has 1 aromatic carbocycles. The Morgan fingerprint density at radius 1 is 1.25 bits per heavy atom. The van der Waals surface area contributed by atoms with E-state index in [1.807, 2.05) is 19.1 Å². The summed E-state index contributed by atoms with van der Waals surface area (Å²) in [6, 6.07) is 8.17. The van der Waals surface area contributed by atoms with E-state index in [-0.39, 0.29) is 6.54 Å². The maximum absolute atomic E-state index is 10.2. The third-order valence-corrected chi connectivity index (χ3v) is 3.06. The molecule has 0 saturated carbocycles. The summed E-state index contributed by atoms with van der Waals surface area (Å²) < 4.78 is 0. The summed E-state index contributed by atoms with van der Waals surface area (Å²) in [6.45, 7) is 6.63. The summed E-state index contributed by atoms with van der Waals surface area (Å²) in [5.74, 6) is 0.658. The smallest absolute Gasteiger partial charge is 0.102 e. The van der Waals surface area contributed by atoms with Crippen molar-refractivity contribution in [1.82, 2.24) is 0 Å². The molecule has 0 amide bonds. The summed E-state index contributed by atoms with van der Waals surface area (Å²) >= 11 is 0. The van der Waals surface area contributed by atoms with E-state index in [1.165, 1.54) is 5.56 Å². The Bertz CT molecular complexity index is 312. The first-order valence-electron chi connectivity index (χ1n) is 6.03. The maximum Gasteiger partial charge on any atom is 0.102 e. The summed E-state index contributed by atoms with van der Waals surface area (Å²) in [5.41, 5.74) is 6.99. The van der Waals surface area contributed by atoms with Crippen LogP contribution in [0.4, 0.5) is 0 Å². The van der Waals surface area contributed by atoms with Crippen LogP contribution in [0, 0.1) is 5.92 Å². The zero-order valence-electron chi connectivity index (χ0n) is 10.5. The minimum Gasteiger partial charge on any atom is -0.384 e. The molecule has 0 aliphatic carbocycles. The van der Waals surface area contributed by atoms with Gasteiger partial charge in [-0.15, -0.1) is 0 Å². The van der Waals surface area contributed by atoms with Crippen LogP contribution in [0.15, 0.2) is 24.3 Å². The Balaban J connectivity index is 2.85. The van der Waals surface area contributed by atoms with Gasteiger partial charge in [0.15, 0.2) is 0 Å². The first-order valence-corrected chi connectivity index (χ1v) is 6.03. The van der Waals surface area contributed by atoms with Gasteiger partial charge in [-0.1, -0.05) is 45.0 Å². The van der Waals surface area contributed by atoms with Crippen LogP contribution in [-0.4, -0.2) is 11.7 Å². The van der Waals surface area contributed by atoms with E-state index in [0.717, 1.165) is 12.0 Å². The number of hydrogen-bond acceptors (Lipinski definition) is 2. The van der Waals surface area contributed by atoms with Gasteiger partial charge in [-0.25, -0.2) is 0 Å². The van der Waals surface area contributed by atoms with E-state index >= 15 is 0 Å². The third-order valence-electron chi connectivity index (χ3n) is 3.06. The Morgan fingerprint density at radius 2 is 1.81 bits per heavy atom. The summed E-state index contributed by atoms with van der Waals surface area (Å²) in [5, 5.41) is 10.2. The lowest BCUT2D eigenvalue weighted by atomic mass is 9.90. The molecule has 1 aromatic rings. The predicted octanol–water partition coefficient (Wildman–Crippen LogP) is 2.44. The zero-order valence-corrected chi connectivity index (χ0v) is 10.5. The zero-order chi connectivity index (χ0) is 12.2. The lowest BCUT2D eigenvalue weighted by molar-refractivity contribution is 0.0418. The third kappa shape index (κ3) is 3.06. The van der Waals surface area contributed by atoms with Crippen LogP contribution in [0.2, 0.25) is 0 Å². The van der Waals surface area contributed by atoms with Crippen LogP contribution in [0.1, 0.15) is 38.3 Å². The van der Waals surface area contributed by atoms with E-state index in [2.05, 4.69) is 26.0 Å². The van der Waals surface area contributed by atoms with Gasteiger partial charge in [-0.3, -0.25) is 0 Å². The van der Waals surface area contributed by atoms with E-state index in [9.17, 15) is 5.11 Å². The van der Waals surface area contributed by atoms with E-state index in [4.69, 9.17) is 5.73 Å². The Morgan fingerprint density at radius 3 is 2.19 bits per heavy atom. The molecule has 16 heavy (non-hydrogen) atoms. The van der Waals surface area contributed by atoms with Gasteiger partial charge in [0, 0.05) is 6.54 Å². The molecule has 2 heteroatoms. The lowest BCUT2D eigenvalue weighted by Gasteiger charge is -2.25. The second-order valence-electron chi connectivity index (χ2n) is 4.88. The maximum atomic E-state index is 10.2. The van der Waals surface area contributed by atoms with Gasteiger partial charge in [0.05, 0.1) is 0 Å². The van der Waals surface area contributed by atoms with Crippen molar-refractivity contribution in [3.8, 4) is 0 Å². The fraction of sp³-hybridized carbons (Fsp3) is 0.571. The van der Waals surface area contributed by atoms with Crippen molar-refractivity contribution < 1.29 is 5.11 Å². The van der Waals surface area contributed by atoms with E-state index in [1.54, 1.807) is 0 Å². The number of benzene rings is 1. The van der Waals surface area contributed by atoms with Crippen molar-refractivity contribution in [1.29, 1.82) is 0 Å². The second-order valence-corrected chi connectivity index (χ2v) is 4.88. The molecule has 1 atom stereocenters. The van der Waals surface area contributed by atoms with Gasteiger partial charge in [0.2, 0.25) is 0 Å². The van der Waals surface area contributed by atoms with Gasteiger partial charge in [-0.05, 0) is 29.9 Å². The fourth-order valence-corrected chi connectivity index (χ4v) is 1.89. The summed E-state index contributed by atoms with van der Waals surface area (Å²) in [4.78, 5) is 0. The predicted molar refractivity (Wildman–Crippen MR) is 68.2 cm³/mol. The molecule has 0 aliphatic rings. The van der Waals surface area contributed by atoms with Crippen molar-refractivity contribution >= 4 is 0 Å². The molecular formula is C14H23NO. The summed E-state index contributed by atoms with van der Waals surface area (Å²) in [6.07, 6.45) is 1.72. The van der Waals surface area contributed by atoms with Crippen LogP contribution >= 0.6 is 0 Å². The fourth-order valence-electron chi connectivity index (χ4n) is 1.89. The quantitative estimate of drug-likeness (QED) is 0.802. The molecule has 0 saturated heterocycles. The Hall–Kier alpha value is -0.860. The van der Waals surface area contributed by atoms with Gasteiger partial charge in [0.1, 0.15) is 5.60 Å². The molecule has 0 spiro atoms. The van der Waals surface area contributed by atoms with Crippen LogP contribution in [0.25, 0.3) is 0 Å². The van der Waals surface area contributed by atoms with Gasteiger partial charge in [-0.2, -0.15) is 0 Å². The molecule has 0 fully saturated rings. The average Bonchev–Trinajstić information content (AvgIpc) is 2.28. The minimum atomic E-state index is -0.865. The van der Waals surface area contributed by atoms with Crippen molar-refractivity contribution in [2.45, 2.75) is 39.2 Å². The van der Waals surface area contributed by atoms with Crippen molar-refractivity contribution in [2.75, 3.05) is 6.54 Å². The molecule has 1 rings (SSSR count). The van der Waals surface area contributed by atoms with Crippen molar-refractivity contribution in [3.05, 3.63) is 35.4 Å². The molecule has 3 N–H and O–H groups in total. The first-order chi connectivity index (χ1) is 7.51. The highest BCUT2D eigenvalue weighted by molar-refractivity contribution is 5.27. The van der Waals surface area contributed by atoms with Gasteiger partial charge >= 0.3 is 0 Å². The molecule has 2 nitrogen and oxygen atoms in total. The van der Waals surface area contributed by atoms with Crippen LogP contribution in [0.5, 0.6) is 0 Å². The number of nitrogens with two attached hydrogens (primary N) is 1. The molecule has 0 bridgehead atoms. The molecule has 0 aromatic heterocycles. The van der Waals surface area contributed by atoms with Crippen LogP contribution < -0.4 is 5.73 Å². The molecule has 0 heterocycles. The SMILES string of the molecule is CCC(O)(CN)c1ccc(CC(C)C)cc1. The minimum absolute atomic E-state index is 0.271. The van der Waals surface area contributed by atoms with E-state index in [0.29, 0.717) is 12.3 Å².